The minimum absolute atomic E-state index is 0.120. The molecule has 5 heteroatoms. The van der Waals surface area contributed by atoms with Gasteiger partial charge in [0, 0.05) is 12.1 Å². The van der Waals surface area contributed by atoms with E-state index in [1.807, 2.05) is 0 Å². The van der Waals surface area contributed by atoms with Crippen molar-refractivity contribution < 1.29 is 0 Å². The highest BCUT2D eigenvalue weighted by molar-refractivity contribution is 5.76. The summed E-state index contributed by atoms with van der Waals surface area (Å²) >= 11 is 0. The Balaban J connectivity index is 2.34. The fourth-order valence-electron chi connectivity index (χ4n) is 1.61. The predicted octanol–water partition coefficient (Wildman–Crippen LogP) is 0.789. The number of nitrogens with zero attached hydrogens (tertiary/aromatic N) is 1. The minimum atomic E-state index is -0.220. The molecule has 0 aromatic carbocycles. The molecule has 0 aliphatic heterocycles. The maximum absolute atomic E-state index is 11.5. The second kappa shape index (κ2) is 4.11. The third-order valence-electron chi connectivity index (χ3n) is 2.34. The first-order valence-electron chi connectivity index (χ1n) is 5.01. The van der Waals surface area contributed by atoms with Gasteiger partial charge in [0.2, 0.25) is 5.95 Å². The zero-order valence-corrected chi connectivity index (χ0v) is 8.71. The lowest BCUT2D eigenvalue weighted by Gasteiger charge is -1.92. The molecule has 0 fully saturated rings. The van der Waals surface area contributed by atoms with Crippen molar-refractivity contribution >= 4 is 17.0 Å². The van der Waals surface area contributed by atoms with Crippen molar-refractivity contribution in [2.24, 2.45) is 0 Å². The summed E-state index contributed by atoms with van der Waals surface area (Å²) in [6.45, 7) is 0. The lowest BCUT2D eigenvalue weighted by Crippen LogP contribution is -2.09. The number of aromatic amines is 2. The van der Waals surface area contributed by atoms with Gasteiger partial charge in [-0.3, -0.25) is 9.78 Å². The number of aromatic nitrogens is 3. The zero-order chi connectivity index (χ0) is 11.5. The molecule has 0 radical (unpaired) electrons. The smallest absolute Gasteiger partial charge is 0.261 e. The number of fused-ring (bicyclic) bond motifs is 1. The molecular weight excluding hydrogens is 204 g/mol. The van der Waals surface area contributed by atoms with E-state index in [1.165, 1.54) is 0 Å². The van der Waals surface area contributed by atoms with Gasteiger partial charge < -0.3 is 10.7 Å². The van der Waals surface area contributed by atoms with Gasteiger partial charge in [-0.15, -0.1) is 12.3 Å². The number of unbranched alkanes of at least 4 members (excludes halogenated alkanes) is 1. The van der Waals surface area contributed by atoms with Gasteiger partial charge >= 0.3 is 0 Å². The molecule has 2 aromatic rings. The van der Waals surface area contributed by atoms with Gasteiger partial charge in [0.25, 0.3) is 5.56 Å². The first kappa shape index (κ1) is 10.3. The van der Waals surface area contributed by atoms with Crippen LogP contribution in [0, 0.1) is 12.3 Å². The molecule has 0 aliphatic rings. The summed E-state index contributed by atoms with van der Waals surface area (Å²) < 4.78 is 0. The van der Waals surface area contributed by atoms with Crippen molar-refractivity contribution in [3.05, 3.63) is 22.1 Å². The molecule has 82 valence electrons. The third kappa shape index (κ3) is 1.91. The number of H-pyrrole nitrogens is 2. The van der Waals surface area contributed by atoms with Crippen molar-refractivity contribution in [2.75, 3.05) is 5.73 Å². The Bertz CT molecular complexity index is 602. The molecule has 5 nitrogen and oxygen atoms in total. The first-order valence-corrected chi connectivity index (χ1v) is 5.01. The average Bonchev–Trinajstić information content (AvgIpc) is 2.61. The molecule has 0 spiro atoms. The van der Waals surface area contributed by atoms with E-state index >= 15 is 0 Å². The van der Waals surface area contributed by atoms with Crippen molar-refractivity contribution in [3.63, 3.8) is 0 Å². The lowest BCUT2D eigenvalue weighted by atomic mass is 10.2. The van der Waals surface area contributed by atoms with E-state index in [0.29, 0.717) is 11.0 Å². The number of aryl methyl sites for hydroxylation is 1. The molecule has 0 unspecified atom stereocenters. The summed E-state index contributed by atoms with van der Waals surface area (Å²) in [7, 11) is 0. The molecule has 0 amide bonds. The topological polar surface area (TPSA) is 87.6 Å². The Morgan fingerprint density at radius 3 is 3.06 bits per heavy atom. The molecule has 2 aromatic heterocycles. The number of nitrogens with one attached hydrogen (secondary N) is 2. The van der Waals surface area contributed by atoms with E-state index in [2.05, 4.69) is 20.9 Å². The van der Waals surface area contributed by atoms with Gasteiger partial charge in [0.05, 0.1) is 5.39 Å². The van der Waals surface area contributed by atoms with Gasteiger partial charge in [-0.25, -0.2) is 0 Å². The second-order valence-electron chi connectivity index (χ2n) is 3.57. The van der Waals surface area contributed by atoms with Gasteiger partial charge in [0.1, 0.15) is 5.65 Å². The highest BCUT2D eigenvalue weighted by Gasteiger charge is 2.06. The maximum Gasteiger partial charge on any atom is 0.261 e. The van der Waals surface area contributed by atoms with E-state index in [-0.39, 0.29) is 11.5 Å². The van der Waals surface area contributed by atoms with Gasteiger partial charge in [-0.05, 0) is 18.9 Å². The Morgan fingerprint density at radius 1 is 1.50 bits per heavy atom. The molecule has 0 aliphatic carbocycles. The largest absolute Gasteiger partial charge is 0.369 e. The number of anilines is 1. The molecule has 4 N–H and O–H groups in total. The van der Waals surface area contributed by atoms with Gasteiger partial charge in [-0.2, -0.15) is 4.98 Å². The van der Waals surface area contributed by atoms with Crippen LogP contribution in [0.3, 0.4) is 0 Å². The number of nitrogens with two attached hydrogens (primary N) is 1. The SMILES string of the molecule is C#CCCCc1cc2c(=O)[nH]c(N)nc2[nH]1. The van der Waals surface area contributed by atoms with Crippen LogP contribution in [0.5, 0.6) is 0 Å². The summed E-state index contributed by atoms with van der Waals surface area (Å²) in [4.78, 5) is 21.0. The number of hydrogen-bond donors (Lipinski definition) is 3. The number of nitrogen functional groups attached to an aromatic ring is 1. The summed E-state index contributed by atoms with van der Waals surface area (Å²) in [5.41, 5.74) is 6.70. The Morgan fingerprint density at radius 2 is 2.31 bits per heavy atom. The highest BCUT2D eigenvalue weighted by atomic mass is 16.1. The Labute approximate surface area is 92.1 Å². The predicted molar refractivity (Wildman–Crippen MR) is 62.9 cm³/mol. The van der Waals surface area contributed by atoms with Crippen molar-refractivity contribution in [1.29, 1.82) is 0 Å². The molecule has 0 bridgehead atoms. The summed E-state index contributed by atoms with van der Waals surface area (Å²) in [5.74, 6) is 2.69. The van der Waals surface area contributed by atoms with Crippen LogP contribution < -0.4 is 11.3 Å². The van der Waals surface area contributed by atoms with Gasteiger partial charge in [0.15, 0.2) is 0 Å². The normalized spacial score (nSPS) is 10.4. The van der Waals surface area contributed by atoms with E-state index in [9.17, 15) is 4.79 Å². The molecule has 2 heterocycles. The van der Waals surface area contributed by atoms with Crippen LogP contribution in [0.4, 0.5) is 5.95 Å². The number of rotatable bonds is 3. The first-order chi connectivity index (χ1) is 7.70. The summed E-state index contributed by atoms with van der Waals surface area (Å²) in [5, 5.41) is 0.532. The van der Waals surface area contributed by atoms with E-state index in [0.717, 1.165) is 25.0 Å². The summed E-state index contributed by atoms with van der Waals surface area (Å²) in [6.07, 6.45) is 7.58. The molecule has 0 atom stereocenters. The zero-order valence-electron chi connectivity index (χ0n) is 8.71. The minimum Gasteiger partial charge on any atom is -0.369 e. The van der Waals surface area contributed by atoms with Crippen LogP contribution in [0.1, 0.15) is 18.5 Å². The molecule has 0 saturated heterocycles. The lowest BCUT2D eigenvalue weighted by molar-refractivity contribution is 0.839. The quantitative estimate of drug-likeness (QED) is 0.523. The number of terminal acetylenes is 1. The Kier molecular flexibility index (Phi) is 2.64. The van der Waals surface area contributed by atoms with Crippen LogP contribution in [0.2, 0.25) is 0 Å². The third-order valence-corrected chi connectivity index (χ3v) is 2.34. The molecule has 16 heavy (non-hydrogen) atoms. The van der Waals surface area contributed by atoms with E-state index in [1.54, 1.807) is 6.07 Å². The van der Waals surface area contributed by atoms with E-state index in [4.69, 9.17) is 12.2 Å². The highest BCUT2D eigenvalue weighted by Crippen LogP contribution is 2.11. The average molecular weight is 216 g/mol. The second-order valence-corrected chi connectivity index (χ2v) is 3.57. The van der Waals surface area contributed by atoms with Gasteiger partial charge in [-0.1, -0.05) is 0 Å². The van der Waals surface area contributed by atoms with E-state index < -0.39 is 0 Å². The van der Waals surface area contributed by atoms with Crippen molar-refractivity contribution in [2.45, 2.75) is 19.3 Å². The Hall–Kier alpha value is -2.22. The molecule has 0 saturated carbocycles. The molecule has 2 rings (SSSR count). The fourth-order valence-corrected chi connectivity index (χ4v) is 1.61. The molecular formula is C11H12N4O. The standard InChI is InChI=1S/C11H12N4O/c1-2-3-4-5-7-6-8-9(13-7)14-11(12)15-10(8)16/h1,6H,3-5H2,(H4,12,13,14,15,16). The van der Waals surface area contributed by atoms with Crippen LogP contribution in [0.15, 0.2) is 10.9 Å². The van der Waals surface area contributed by atoms with Crippen LogP contribution in [-0.4, -0.2) is 15.0 Å². The van der Waals surface area contributed by atoms with Crippen LogP contribution in [-0.2, 0) is 6.42 Å². The monoisotopic (exact) mass is 216 g/mol. The van der Waals surface area contributed by atoms with Crippen molar-refractivity contribution in [1.82, 2.24) is 15.0 Å². The number of hydrogen-bond acceptors (Lipinski definition) is 3. The van der Waals surface area contributed by atoms with Crippen molar-refractivity contribution in [3.8, 4) is 12.3 Å². The summed E-state index contributed by atoms with van der Waals surface area (Å²) in [6, 6.07) is 1.79. The van der Waals surface area contributed by atoms with Crippen LogP contribution >= 0.6 is 0 Å². The van der Waals surface area contributed by atoms with Crippen LogP contribution in [0.25, 0.3) is 11.0 Å². The fraction of sp³-hybridized carbons (Fsp3) is 0.273. The maximum atomic E-state index is 11.5.